The lowest BCUT2D eigenvalue weighted by Gasteiger charge is -2.22. The van der Waals surface area contributed by atoms with Crippen molar-refractivity contribution < 1.29 is 13.2 Å². The zero-order chi connectivity index (χ0) is 14.8. The lowest BCUT2D eigenvalue weighted by molar-refractivity contribution is -0.138. The van der Waals surface area contributed by atoms with Gasteiger partial charge in [0, 0.05) is 30.4 Å². The molecule has 0 saturated heterocycles. The zero-order valence-electron chi connectivity index (χ0n) is 10.6. The highest BCUT2D eigenvalue weighted by atomic mass is 19.4. The highest BCUT2D eigenvalue weighted by molar-refractivity contribution is 5.38. The average Bonchev–Trinajstić information content (AvgIpc) is 2.41. The van der Waals surface area contributed by atoms with E-state index in [1.165, 1.54) is 12.4 Å². The summed E-state index contributed by atoms with van der Waals surface area (Å²) in [4.78, 5) is 7.70. The number of aryl methyl sites for hydroxylation is 1. The van der Waals surface area contributed by atoms with Crippen molar-refractivity contribution in [2.75, 3.05) is 0 Å². The highest BCUT2D eigenvalue weighted by Crippen LogP contribution is 2.36. The van der Waals surface area contributed by atoms with Crippen LogP contribution in [0.25, 0.3) is 0 Å². The van der Waals surface area contributed by atoms with E-state index in [1.54, 1.807) is 19.2 Å². The molecule has 0 aromatic carbocycles. The molecule has 0 spiro atoms. The van der Waals surface area contributed by atoms with Crippen molar-refractivity contribution in [3.8, 4) is 0 Å². The first-order chi connectivity index (χ1) is 9.45. The van der Waals surface area contributed by atoms with Gasteiger partial charge in [-0.1, -0.05) is 0 Å². The number of nitrogens with two attached hydrogens (primary N) is 1. The van der Waals surface area contributed by atoms with Crippen molar-refractivity contribution in [1.29, 1.82) is 0 Å². The molecule has 0 radical (unpaired) electrons. The van der Waals surface area contributed by atoms with Crippen molar-refractivity contribution in [3.05, 3.63) is 59.2 Å². The SMILES string of the molecule is Cc1ccncc1C(NN)c1cnccc1C(F)(F)F. The van der Waals surface area contributed by atoms with Crippen molar-refractivity contribution in [3.63, 3.8) is 0 Å². The largest absolute Gasteiger partial charge is 0.416 e. The predicted molar refractivity (Wildman–Crippen MR) is 67.4 cm³/mol. The van der Waals surface area contributed by atoms with E-state index >= 15 is 0 Å². The molecule has 0 fully saturated rings. The summed E-state index contributed by atoms with van der Waals surface area (Å²) >= 11 is 0. The monoisotopic (exact) mass is 282 g/mol. The molecular weight excluding hydrogens is 269 g/mol. The first-order valence-corrected chi connectivity index (χ1v) is 5.83. The molecule has 0 amide bonds. The fourth-order valence-corrected chi connectivity index (χ4v) is 2.02. The van der Waals surface area contributed by atoms with Crippen LogP contribution in [0.3, 0.4) is 0 Å². The molecule has 3 N–H and O–H groups in total. The van der Waals surface area contributed by atoms with E-state index in [2.05, 4.69) is 15.4 Å². The zero-order valence-corrected chi connectivity index (χ0v) is 10.6. The van der Waals surface area contributed by atoms with Gasteiger partial charge in [0.1, 0.15) is 0 Å². The Morgan fingerprint density at radius 3 is 2.25 bits per heavy atom. The van der Waals surface area contributed by atoms with Crippen LogP contribution in [0.15, 0.2) is 36.9 Å². The molecule has 0 bridgehead atoms. The predicted octanol–water partition coefficient (Wildman–Crippen LogP) is 2.36. The standard InChI is InChI=1S/C13H13F3N4/c1-8-2-4-18-6-9(8)12(20-17)10-7-19-5-3-11(10)13(14,15)16/h2-7,12,20H,17H2,1H3. The van der Waals surface area contributed by atoms with Crippen LogP contribution >= 0.6 is 0 Å². The first kappa shape index (κ1) is 14.4. The number of hydrogen-bond donors (Lipinski definition) is 2. The average molecular weight is 282 g/mol. The van der Waals surface area contributed by atoms with Crippen LogP contribution in [0.5, 0.6) is 0 Å². The first-order valence-electron chi connectivity index (χ1n) is 5.83. The fraction of sp³-hybridized carbons (Fsp3) is 0.231. The Morgan fingerprint density at radius 2 is 1.70 bits per heavy atom. The van der Waals surface area contributed by atoms with Gasteiger partial charge in [-0.05, 0) is 30.2 Å². The Kier molecular flexibility index (Phi) is 4.01. The molecule has 2 rings (SSSR count). The Hall–Kier alpha value is -1.99. The fourth-order valence-electron chi connectivity index (χ4n) is 2.02. The third kappa shape index (κ3) is 2.78. The summed E-state index contributed by atoms with van der Waals surface area (Å²) in [5, 5.41) is 0. The number of hydrogen-bond acceptors (Lipinski definition) is 4. The van der Waals surface area contributed by atoms with Gasteiger partial charge >= 0.3 is 6.18 Å². The smallest absolute Gasteiger partial charge is 0.271 e. The van der Waals surface area contributed by atoms with Crippen molar-refractivity contribution in [2.45, 2.75) is 19.1 Å². The van der Waals surface area contributed by atoms with E-state index < -0.39 is 17.8 Å². The Balaban J connectivity index is 2.57. The summed E-state index contributed by atoms with van der Waals surface area (Å²) in [5.74, 6) is 5.44. The second-order valence-electron chi connectivity index (χ2n) is 4.29. The number of aromatic nitrogens is 2. The van der Waals surface area contributed by atoms with E-state index in [9.17, 15) is 13.2 Å². The molecule has 0 saturated carbocycles. The molecule has 4 nitrogen and oxygen atoms in total. The van der Waals surface area contributed by atoms with Gasteiger partial charge in [0.25, 0.3) is 0 Å². The number of halogens is 3. The van der Waals surface area contributed by atoms with Crippen LogP contribution in [-0.2, 0) is 6.18 Å². The van der Waals surface area contributed by atoms with E-state index in [4.69, 9.17) is 5.84 Å². The van der Waals surface area contributed by atoms with Crippen LogP contribution in [0.4, 0.5) is 13.2 Å². The highest BCUT2D eigenvalue weighted by Gasteiger charge is 2.35. The van der Waals surface area contributed by atoms with Gasteiger partial charge < -0.3 is 0 Å². The third-order valence-corrected chi connectivity index (χ3v) is 3.03. The van der Waals surface area contributed by atoms with E-state index in [0.717, 1.165) is 17.8 Å². The molecule has 7 heteroatoms. The number of pyridine rings is 2. The minimum atomic E-state index is -4.47. The lowest BCUT2D eigenvalue weighted by Crippen LogP contribution is -2.31. The van der Waals surface area contributed by atoms with Crippen LogP contribution < -0.4 is 11.3 Å². The van der Waals surface area contributed by atoms with Crippen molar-refractivity contribution >= 4 is 0 Å². The molecule has 0 aliphatic carbocycles. The number of alkyl halides is 3. The molecule has 1 unspecified atom stereocenters. The van der Waals surface area contributed by atoms with Crippen LogP contribution in [-0.4, -0.2) is 9.97 Å². The minimum Gasteiger partial charge on any atom is -0.271 e. The second-order valence-corrected chi connectivity index (χ2v) is 4.29. The van der Waals surface area contributed by atoms with Crippen LogP contribution in [0.2, 0.25) is 0 Å². The van der Waals surface area contributed by atoms with Crippen molar-refractivity contribution in [2.24, 2.45) is 5.84 Å². The van der Waals surface area contributed by atoms with Gasteiger partial charge in [-0.3, -0.25) is 15.8 Å². The van der Waals surface area contributed by atoms with Gasteiger partial charge in [0.15, 0.2) is 0 Å². The van der Waals surface area contributed by atoms with Gasteiger partial charge in [0.05, 0.1) is 11.6 Å². The Labute approximate surface area is 113 Å². The number of nitrogens with zero attached hydrogens (tertiary/aromatic N) is 2. The topological polar surface area (TPSA) is 63.8 Å². The summed E-state index contributed by atoms with van der Waals surface area (Å²) in [7, 11) is 0. The van der Waals surface area contributed by atoms with Gasteiger partial charge in [-0.15, -0.1) is 0 Å². The second kappa shape index (κ2) is 5.56. The number of rotatable bonds is 3. The molecule has 2 aromatic heterocycles. The van der Waals surface area contributed by atoms with E-state index in [0.29, 0.717) is 5.56 Å². The normalized spacial score (nSPS) is 13.2. The number of hydrazine groups is 1. The summed E-state index contributed by atoms with van der Waals surface area (Å²) in [6, 6.07) is 1.82. The summed E-state index contributed by atoms with van der Waals surface area (Å²) in [6.45, 7) is 1.78. The summed E-state index contributed by atoms with van der Waals surface area (Å²) in [5.41, 5.74) is 2.98. The van der Waals surface area contributed by atoms with Crippen molar-refractivity contribution in [1.82, 2.24) is 15.4 Å². The Bertz CT molecular complexity index is 598. The van der Waals surface area contributed by atoms with E-state index in [1.807, 2.05) is 0 Å². The van der Waals surface area contributed by atoms with Gasteiger partial charge in [-0.25, -0.2) is 5.43 Å². The third-order valence-electron chi connectivity index (χ3n) is 3.03. The maximum absolute atomic E-state index is 13.0. The maximum atomic E-state index is 13.0. The van der Waals surface area contributed by atoms with Gasteiger partial charge in [0.2, 0.25) is 0 Å². The molecule has 2 aromatic rings. The molecule has 2 heterocycles. The van der Waals surface area contributed by atoms with E-state index in [-0.39, 0.29) is 5.56 Å². The summed E-state index contributed by atoms with van der Waals surface area (Å²) < 4.78 is 39.1. The molecule has 0 aliphatic rings. The molecular formula is C13H13F3N4. The lowest BCUT2D eigenvalue weighted by atomic mass is 9.95. The minimum absolute atomic E-state index is 0.0291. The number of nitrogens with one attached hydrogen (secondary N) is 1. The molecule has 0 aliphatic heterocycles. The van der Waals surface area contributed by atoms with Gasteiger partial charge in [-0.2, -0.15) is 13.2 Å². The van der Waals surface area contributed by atoms with Crippen LogP contribution in [0.1, 0.15) is 28.3 Å². The molecule has 106 valence electrons. The quantitative estimate of drug-likeness (QED) is 0.670. The maximum Gasteiger partial charge on any atom is 0.416 e. The molecule has 1 atom stereocenters. The van der Waals surface area contributed by atoms with Crippen LogP contribution in [0, 0.1) is 6.92 Å². The molecule has 20 heavy (non-hydrogen) atoms. The summed E-state index contributed by atoms with van der Waals surface area (Å²) in [6.07, 6.45) is 0.868. The Morgan fingerprint density at radius 1 is 1.10 bits per heavy atom.